The smallest absolute Gasteiger partial charge is 0.306 e. The second-order valence-corrected chi connectivity index (χ2v) is 6.07. The summed E-state index contributed by atoms with van der Waals surface area (Å²) >= 11 is 3.99. The predicted molar refractivity (Wildman–Crippen MR) is 99.2 cm³/mol. The fourth-order valence-corrected chi connectivity index (χ4v) is 2.12. The Balaban J connectivity index is 0. The van der Waals surface area contributed by atoms with Crippen LogP contribution in [-0.4, -0.2) is 29.4 Å². The molecular weight excluding hydrogens is 312 g/mol. The third-order valence-electron chi connectivity index (χ3n) is 3.38. The van der Waals surface area contributed by atoms with Crippen LogP contribution in [0.25, 0.3) is 0 Å². The maximum absolute atomic E-state index is 11.0. The second-order valence-electron chi connectivity index (χ2n) is 5.62. The number of unbranched alkanes of at least 4 members (excludes halogenated alkanes) is 9. The zero-order valence-corrected chi connectivity index (χ0v) is 15.9. The number of hydrogen-bond donors (Lipinski definition) is 2. The van der Waals surface area contributed by atoms with Gasteiger partial charge in [0.25, 0.3) is 0 Å². The van der Waals surface area contributed by atoms with Crippen molar-refractivity contribution in [3.05, 3.63) is 0 Å². The van der Waals surface area contributed by atoms with Crippen LogP contribution in [0, 0.1) is 0 Å². The number of ether oxygens (including phenoxy) is 1. The maximum Gasteiger partial charge on any atom is 0.306 e. The Morgan fingerprint density at radius 1 is 0.870 bits per heavy atom. The van der Waals surface area contributed by atoms with Crippen molar-refractivity contribution >= 4 is 24.6 Å². The average molecular weight is 349 g/mol. The summed E-state index contributed by atoms with van der Waals surface area (Å²) in [7, 11) is 0. The van der Waals surface area contributed by atoms with Gasteiger partial charge in [-0.3, -0.25) is 9.59 Å². The molecule has 0 aliphatic rings. The number of hydrogen-bond acceptors (Lipinski definition) is 4. The van der Waals surface area contributed by atoms with Crippen molar-refractivity contribution in [3.63, 3.8) is 0 Å². The first-order valence-electron chi connectivity index (χ1n) is 9.06. The summed E-state index contributed by atoms with van der Waals surface area (Å²) in [4.78, 5) is 20.4. The number of carboxylic acid groups (broad SMARTS) is 1. The molecule has 0 atom stereocenters. The van der Waals surface area contributed by atoms with E-state index in [2.05, 4.69) is 19.6 Å². The van der Waals surface area contributed by atoms with E-state index in [9.17, 15) is 9.59 Å². The first-order chi connectivity index (χ1) is 11.1. The molecule has 138 valence electrons. The molecule has 0 rings (SSSR count). The number of carbonyl (C=O) groups excluding carboxylic acids is 1. The standard InChI is InChI=1S/C15H30O2S.C3H6O2/c1-2-3-4-5-6-7-8-9-10-11-13-17-15(16)12-14-18;1-2-3(4)5/h18H,2-14H2,1H3;2H2,1H3,(H,4,5). The third-order valence-corrected chi connectivity index (χ3v) is 3.60. The van der Waals surface area contributed by atoms with E-state index in [0.717, 1.165) is 6.42 Å². The Labute approximate surface area is 147 Å². The van der Waals surface area contributed by atoms with Crippen LogP contribution in [0.1, 0.15) is 90.9 Å². The molecule has 0 amide bonds. The Morgan fingerprint density at radius 2 is 1.30 bits per heavy atom. The van der Waals surface area contributed by atoms with E-state index in [-0.39, 0.29) is 12.4 Å². The van der Waals surface area contributed by atoms with Gasteiger partial charge in [0, 0.05) is 12.2 Å². The fraction of sp³-hybridized carbons (Fsp3) is 0.889. The molecule has 0 radical (unpaired) electrons. The van der Waals surface area contributed by atoms with E-state index < -0.39 is 5.97 Å². The van der Waals surface area contributed by atoms with Crippen molar-refractivity contribution < 1.29 is 19.4 Å². The molecule has 4 nitrogen and oxygen atoms in total. The molecule has 5 heteroatoms. The van der Waals surface area contributed by atoms with Crippen molar-refractivity contribution in [1.82, 2.24) is 0 Å². The predicted octanol–water partition coefficient (Wildman–Crippen LogP) is 5.25. The lowest BCUT2D eigenvalue weighted by Gasteiger charge is -2.04. The third kappa shape index (κ3) is 26.5. The Hall–Kier alpha value is -0.710. The molecule has 0 saturated carbocycles. The van der Waals surface area contributed by atoms with Gasteiger partial charge in [0.15, 0.2) is 0 Å². The van der Waals surface area contributed by atoms with Crippen LogP contribution in [0.3, 0.4) is 0 Å². The number of rotatable bonds is 14. The van der Waals surface area contributed by atoms with E-state index in [4.69, 9.17) is 9.84 Å². The number of esters is 1. The topological polar surface area (TPSA) is 63.6 Å². The molecule has 1 N–H and O–H groups in total. The quantitative estimate of drug-likeness (QED) is 0.256. The van der Waals surface area contributed by atoms with E-state index in [1.165, 1.54) is 57.8 Å². The molecule has 0 fully saturated rings. The zero-order valence-electron chi connectivity index (χ0n) is 15.0. The monoisotopic (exact) mass is 348 g/mol. The summed E-state index contributed by atoms with van der Waals surface area (Å²) in [5, 5.41) is 7.72. The van der Waals surface area contributed by atoms with Gasteiger partial charge in [-0.1, -0.05) is 71.6 Å². The average Bonchev–Trinajstić information content (AvgIpc) is 2.53. The number of thiol groups is 1. The molecule has 0 spiro atoms. The number of carboxylic acids is 1. The summed E-state index contributed by atoms with van der Waals surface area (Å²) in [6.45, 7) is 4.44. The summed E-state index contributed by atoms with van der Waals surface area (Å²) in [5.74, 6) is -0.275. The summed E-state index contributed by atoms with van der Waals surface area (Å²) in [5.41, 5.74) is 0. The summed E-state index contributed by atoms with van der Waals surface area (Å²) < 4.78 is 5.07. The Morgan fingerprint density at radius 3 is 1.70 bits per heavy atom. The van der Waals surface area contributed by atoms with E-state index in [1.54, 1.807) is 6.92 Å². The molecule has 0 aliphatic carbocycles. The minimum atomic E-state index is -0.745. The van der Waals surface area contributed by atoms with Gasteiger partial charge in [0.05, 0.1) is 13.0 Å². The minimum Gasteiger partial charge on any atom is -0.481 e. The van der Waals surface area contributed by atoms with Crippen molar-refractivity contribution in [1.29, 1.82) is 0 Å². The maximum atomic E-state index is 11.0. The molecule has 0 aromatic heterocycles. The van der Waals surface area contributed by atoms with Gasteiger partial charge >= 0.3 is 11.9 Å². The van der Waals surface area contributed by atoms with E-state index in [0.29, 0.717) is 18.8 Å². The van der Waals surface area contributed by atoms with E-state index >= 15 is 0 Å². The van der Waals surface area contributed by atoms with Crippen molar-refractivity contribution in [2.24, 2.45) is 0 Å². The van der Waals surface area contributed by atoms with Gasteiger partial charge in [-0.25, -0.2) is 0 Å². The van der Waals surface area contributed by atoms with Crippen LogP contribution in [0.4, 0.5) is 0 Å². The molecular formula is C18H36O4S. The summed E-state index contributed by atoms with van der Waals surface area (Å²) in [6.07, 6.45) is 13.7. The van der Waals surface area contributed by atoms with Gasteiger partial charge < -0.3 is 9.84 Å². The van der Waals surface area contributed by atoms with Crippen LogP contribution >= 0.6 is 12.6 Å². The van der Waals surface area contributed by atoms with Crippen molar-refractivity contribution in [2.75, 3.05) is 12.4 Å². The Kier molecular flexibility index (Phi) is 22.7. The van der Waals surface area contributed by atoms with Gasteiger partial charge in [-0.05, 0) is 6.42 Å². The van der Waals surface area contributed by atoms with Crippen LogP contribution in [0.2, 0.25) is 0 Å². The van der Waals surface area contributed by atoms with E-state index in [1.807, 2.05) is 0 Å². The molecule has 0 heterocycles. The normalized spacial score (nSPS) is 9.87. The summed E-state index contributed by atoms with van der Waals surface area (Å²) in [6, 6.07) is 0. The lowest BCUT2D eigenvalue weighted by molar-refractivity contribution is -0.143. The molecule has 0 aliphatic heterocycles. The molecule has 23 heavy (non-hydrogen) atoms. The minimum absolute atomic E-state index is 0.110. The largest absolute Gasteiger partial charge is 0.481 e. The zero-order chi connectivity index (χ0) is 17.8. The highest BCUT2D eigenvalue weighted by Crippen LogP contribution is 2.10. The van der Waals surface area contributed by atoms with Gasteiger partial charge in [0.1, 0.15) is 0 Å². The van der Waals surface area contributed by atoms with Crippen LogP contribution in [-0.2, 0) is 14.3 Å². The molecule has 0 aromatic rings. The lowest BCUT2D eigenvalue weighted by atomic mass is 10.1. The van der Waals surface area contributed by atoms with Gasteiger partial charge in [-0.2, -0.15) is 12.6 Å². The van der Waals surface area contributed by atoms with Gasteiger partial charge in [-0.15, -0.1) is 0 Å². The number of aliphatic carboxylic acids is 1. The highest BCUT2D eigenvalue weighted by Gasteiger charge is 1.99. The van der Waals surface area contributed by atoms with Crippen LogP contribution in [0.5, 0.6) is 0 Å². The fourth-order valence-electron chi connectivity index (χ4n) is 1.94. The van der Waals surface area contributed by atoms with Gasteiger partial charge in [0.2, 0.25) is 0 Å². The lowest BCUT2D eigenvalue weighted by Crippen LogP contribution is -2.06. The van der Waals surface area contributed by atoms with Crippen molar-refractivity contribution in [2.45, 2.75) is 90.9 Å². The number of carbonyl (C=O) groups is 2. The first-order valence-corrected chi connectivity index (χ1v) is 9.69. The first kappa shape index (κ1) is 24.5. The van der Waals surface area contributed by atoms with Crippen molar-refractivity contribution in [3.8, 4) is 0 Å². The molecule has 0 aromatic carbocycles. The highest BCUT2D eigenvalue weighted by atomic mass is 32.1. The van der Waals surface area contributed by atoms with Crippen LogP contribution in [0.15, 0.2) is 0 Å². The SMILES string of the molecule is CCC(=O)O.CCCCCCCCCCCCOC(=O)CCS. The molecule has 0 unspecified atom stereocenters. The Bertz CT molecular complexity index is 270. The second kappa shape index (κ2) is 21.3. The molecule has 0 saturated heterocycles. The molecule has 0 bridgehead atoms. The van der Waals surface area contributed by atoms with Crippen LogP contribution < -0.4 is 0 Å². The highest BCUT2D eigenvalue weighted by molar-refractivity contribution is 7.80.